The van der Waals surface area contributed by atoms with E-state index in [9.17, 15) is 0 Å². The van der Waals surface area contributed by atoms with Gasteiger partial charge in [0.2, 0.25) is 5.88 Å². The minimum Gasteiger partial charge on any atom is -0.493 e. The summed E-state index contributed by atoms with van der Waals surface area (Å²) >= 11 is 0. The van der Waals surface area contributed by atoms with Gasteiger partial charge in [-0.2, -0.15) is 0 Å². The molecule has 0 N–H and O–H groups in total. The smallest absolute Gasteiger partial charge is 0.233 e. The van der Waals surface area contributed by atoms with Crippen molar-refractivity contribution in [3.8, 4) is 17.4 Å². The quantitative estimate of drug-likeness (QED) is 0.403. The first kappa shape index (κ1) is 22.7. The Morgan fingerprint density at radius 2 is 1.67 bits per heavy atom. The summed E-state index contributed by atoms with van der Waals surface area (Å²) in [5.74, 6) is 2.65. The number of ether oxygens (including phenoxy) is 4. The molecule has 36 heavy (non-hydrogen) atoms. The first-order chi connectivity index (χ1) is 17.7. The molecular weight excluding hydrogens is 460 g/mol. The number of hydrogen-bond acceptors (Lipinski definition) is 10. The molecule has 2 aliphatic heterocycles. The highest BCUT2D eigenvalue weighted by Crippen LogP contribution is 2.36. The second-order valence-corrected chi connectivity index (χ2v) is 8.90. The molecule has 6 rings (SSSR count). The molecule has 2 saturated heterocycles. The van der Waals surface area contributed by atoms with Gasteiger partial charge in [0.05, 0.1) is 62.8 Å². The van der Waals surface area contributed by atoms with Gasteiger partial charge in [-0.25, -0.2) is 19.9 Å². The third-order valence-electron chi connectivity index (χ3n) is 6.87. The second-order valence-electron chi connectivity index (χ2n) is 8.90. The number of morpholine rings is 1. The number of para-hydroxylation sites is 2. The Balaban J connectivity index is 1.34. The lowest BCUT2D eigenvalue weighted by molar-refractivity contribution is -0.00170. The van der Waals surface area contributed by atoms with Gasteiger partial charge in [0, 0.05) is 31.1 Å². The van der Waals surface area contributed by atoms with E-state index in [0.717, 1.165) is 47.4 Å². The third-order valence-corrected chi connectivity index (χ3v) is 6.87. The summed E-state index contributed by atoms with van der Waals surface area (Å²) in [5.41, 5.74) is 2.46. The SMILES string of the molecule is COc1cc2ncnc(N3CC(Oc4cnc5ccccc5n4)C(N4CCOCC4)C3)c2cc1OC. The zero-order chi connectivity index (χ0) is 24.5. The Morgan fingerprint density at radius 1 is 0.889 bits per heavy atom. The molecule has 10 nitrogen and oxygen atoms in total. The molecule has 2 aromatic carbocycles. The van der Waals surface area contributed by atoms with Gasteiger partial charge in [-0.05, 0) is 18.2 Å². The fourth-order valence-electron chi connectivity index (χ4n) is 5.08. The Labute approximate surface area is 208 Å². The maximum absolute atomic E-state index is 6.51. The van der Waals surface area contributed by atoms with E-state index in [1.807, 2.05) is 36.4 Å². The minimum atomic E-state index is -0.122. The van der Waals surface area contributed by atoms with Crippen LogP contribution in [0.2, 0.25) is 0 Å². The molecular formula is C26H28N6O4. The molecule has 10 heteroatoms. The summed E-state index contributed by atoms with van der Waals surface area (Å²) < 4.78 is 23.1. The van der Waals surface area contributed by atoms with Gasteiger partial charge in [0.25, 0.3) is 0 Å². The second kappa shape index (κ2) is 9.71. The van der Waals surface area contributed by atoms with Crippen molar-refractivity contribution < 1.29 is 18.9 Å². The third kappa shape index (κ3) is 4.22. The molecule has 0 amide bonds. The highest BCUT2D eigenvalue weighted by atomic mass is 16.5. The number of fused-ring (bicyclic) bond motifs is 2. The van der Waals surface area contributed by atoms with Crippen LogP contribution in [0.5, 0.6) is 17.4 Å². The van der Waals surface area contributed by atoms with Crippen LogP contribution in [0, 0.1) is 0 Å². The lowest BCUT2D eigenvalue weighted by Crippen LogP contribution is -2.50. The Hall–Kier alpha value is -3.76. The molecule has 0 radical (unpaired) electrons. The zero-order valence-corrected chi connectivity index (χ0v) is 20.3. The van der Waals surface area contributed by atoms with E-state index in [0.29, 0.717) is 37.1 Å². The van der Waals surface area contributed by atoms with Crippen LogP contribution in [-0.2, 0) is 4.74 Å². The minimum absolute atomic E-state index is 0.122. The average molecular weight is 489 g/mol. The van der Waals surface area contributed by atoms with E-state index in [1.165, 1.54) is 0 Å². The van der Waals surface area contributed by atoms with Gasteiger partial charge in [-0.3, -0.25) is 4.90 Å². The largest absolute Gasteiger partial charge is 0.493 e. The van der Waals surface area contributed by atoms with Crippen LogP contribution < -0.4 is 19.1 Å². The Kier molecular flexibility index (Phi) is 6.12. The molecule has 0 saturated carbocycles. The predicted octanol–water partition coefficient (Wildman–Crippen LogP) is 2.56. The van der Waals surface area contributed by atoms with Gasteiger partial charge in [0.15, 0.2) is 11.5 Å². The van der Waals surface area contributed by atoms with Crippen molar-refractivity contribution in [1.82, 2.24) is 24.8 Å². The summed E-state index contributed by atoms with van der Waals surface area (Å²) in [6, 6.07) is 11.8. The molecule has 0 bridgehead atoms. The predicted molar refractivity (Wildman–Crippen MR) is 135 cm³/mol. The molecule has 186 valence electrons. The lowest BCUT2D eigenvalue weighted by atomic mass is 10.1. The fourth-order valence-corrected chi connectivity index (χ4v) is 5.08. The van der Waals surface area contributed by atoms with Gasteiger partial charge >= 0.3 is 0 Å². The highest BCUT2D eigenvalue weighted by Gasteiger charge is 2.40. The molecule has 2 unspecified atom stereocenters. The molecule has 2 aliphatic rings. The number of anilines is 1. The van der Waals surface area contributed by atoms with Crippen molar-refractivity contribution >= 4 is 27.8 Å². The van der Waals surface area contributed by atoms with E-state index >= 15 is 0 Å². The van der Waals surface area contributed by atoms with Gasteiger partial charge in [-0.15, -0.1) is 0 Å². The maximum Gasteiger partial charge on any atom is 0.233 e. The van der Waals surface area contributed by atoms with Crippen LogP contribution in [-0.4, -0.2) is 90.6 Å². The zero-order valence-electron chi connectivity index (χ0n) is 20.3. The van der Waals surface area contributed by atoms with Crippen molar-refractivity contribution in [1.29, 1.82) is 0 Å². The standard InChI is InChI=1S/C26H28N6O4/c1-33-22-11-17-20(12-23(22)34-2)28-16-29-26(17)32-14-21(31-7-9-35-10-8-31)24(15-32)36-25-13-27-18-5-3-4-6-19(18)30-25/h3-6,11-13,16,21,24H,7-10,14-15H2,1-2H3. The van der Waals surface area contributed by atoms with E-state index in [-0.39, 0.29) is 12.1 Å². The van der Waals surface area contributed by atoms with E-state index in [1.54, 1.807) is 26.7 Å². The van der Waals surface area contributed by atoms with Crippen molar-refractivity contribution in [2.45, 2.75) is 12.1 Å². The van der Waals surface area contributed by atoms with Crippen LogP contribution in [0.15, 0.2) is 48.9 Å². The topological polar surface area (TPSA) is 95.0 Å². The van der Waals surface area contributed by atoms with Crippen LogP contribution in [0.25, 0.3) is 21.9 Å². The fraction of sp³-hybridized carbons (Fsp3) is 0.385. The van der Waals surface area contributed by atoms with Crippen LogP contribution in [0.1, 0.15) is 0 Å². The Morgan fingerprint density at radius 3 is 2.47 bits per heavy atom. The molecule has 2 atom stereocenters. The molecule has 2 aromatic heterocycles. The number of methoxy groups -OCH3 is 2. The van der Waals surface area contributed by atoms with Crippen LogP contribution in [0.3, 0.4) is 0 Å². The van der Waals surface area contributed by atoms with Crippen molar-refractivity contribution in [2.75, 3.05) is 58.5 Å². The summed E-state index contributed by atoms with van der Waals surface area (Å²) in [4.78, 5) is 23.1. The molecule has 4 heterocycles. The number of nitrogens with zero attached hydrogens (tertiary/aromatic N) is 6. The van der Waals surface area contributed by atoms with Gasteiger partial charge < -0.3 is 23.8 Å². The van der Waals surface area contributed by atoms with Crippen molar-refractivity contribution in [2.24, 2.45) is 0 Å². The molecule has 0 aliphatic carbocycles. The van der Waals surface area contributed by atoms with Crippen LogP contribution in [0.4, 0.5) is 5.82 Å². The maximum atomic E-state index is 6.51. The lowest BCUT2D eigenvalue weighted by Gasteiger charge is -2.34. The van der Waals surface area contributed by atoms with Crippen LogP contribution >= 0.6 is 0 Å². The Bertz CT molecular complexity index is 1380. The normalized spacial score (nSPS) is 20.7. The van der Waals surface area contributed by atoms with Gasteiger partial charge in [0.1, 0.15) is 18.2 Å². The highest BCUT2D eigenvalue weighted by molar-refractivity contribution is 5.92. The van der Waals surface area contributed by atoms with Crippen molar-refractivity contribution in [3.05, 3.63) is 48.9 Å². The first-order valence-corrected chi connectivity index (χ1v) is 12.1. The summed E-state index contributed by atoms with van der Waals surface area (Å²) in [6.45, 7) is 4.55. The molecule has 2 fully saturated rings. The van der Waals surface area contributed by atoms with E-state index < -0.39 is 0 Å². The number of hydrogen-bond donors (Lipinski definition) is 0. The monoisotopic (exact) mass is 488 g/mol. The summed E-state index contributed by atoms with van der Waals surface area (Å²) in [5, 5.41) is 0.905. The average Bonchev–Trinajstić information content (AvgIpc) is 3.35. The van der Waals surface area contributed by atoms with E-state index in [2.05, 4.69) is 24.8 Å². The summed E-state index contributed by atoms with van der Waals surface area (Å²) in [7, 11) is 3.25. The number of aromatic nitrogens is 4. The molecule has 4 aromatic rings. The van der Waals surface area contributed by atoms with E-state index in [4.69, 9.17) is 23.9 Å². The summed E-state index contributed by atoms with van der Waals surface area (Å²) in [6.07, 6.45) is 3.18. The first-order valence-electron chi connectivity index (χ1n) is 12.1. The van der Waals surface area contributed by atoms with Gasteiger partial charge in [-0.1, -0.05) is 12.1 Å². The van der Waals surface area contributed by atoms with Crippen molar-refractivity contribution in [3.63, 3.8) is 0 Å². The number of rotatable bonds is 6. The molecule has 0 spiro atoms. The number of benzene rings is 2.